The van der Waals surface area contributed by atoms with Crippen molar-refractivity contribution in [3.63, 3.8) is 0 Å². The van der Waals surface area contributed by atoms with Gasteiger partial charge in [0.2, 0.25) is 0 Å². The Morgan fingerprint density at radius 2 is 0.640 bits per heavy atom. The van der Waals surface area contributed by atoms with E-state index in [-0.39, 0.29) is 38.8 Å². The fraction of sp³-hybridized carbons (Fsp3) is 0.0806. The molecule has 0 aromatic heterocycles. The van der Waals surface area contributed by atoms with Gasteiger partial charge in [-0.3, -0.25) is 4.79 Å². The Morgan fingerprint density at radius 3 is 0.987 bits per heavy atom. The molecule has 0 saturated carbocycles. The number of hydrogen-bond donors (Lipinski definition) is 0. The second-order valence-corrected chi connectivity index (χ2v) is 16.4. The molecule has 0 N–H and O–H groups in total. The largest absolute Gasteiger partial charge is 0.485 e. The smallest absolute Gasteiger partial charge is 0.330 e. The molecule has 0 atom stereocenters. The summed E-state index contributed by atoms with van der Waals surface area (Å²) in [5, 5.41) is 0. The summed E-state index contributed by atoms with van der Waals surface area (Å²) in [5.74, 6) is -1.94. The van der Waals surface area contributed by atoms with Crippen molar-refractivity contribution in [1.29, 1.82) is 0 Å². The standard InChI is InChI=1S/C62H53N3O10/c1-6-57(66)43-71-58-22-14-21-56(38-58)65(50-33-27-46(28-34-50)41-74-61(69)9-4)55-20-13-19-54(37-55)64(49-31-25-45(26-32-49)40-73-60(68)8-3)53-18-12-17-52(36-53)63(48-29-23-44(24-30-48)39-72-59(67)7-2)51-16-11-15-47(35-51)42-75-62(70)10-5/h6-38H,1-5,39-43H2. The zero-order chi connectivity index (χ0) is 53.1. The number of benzene rings is 7. The summed E-state index contributed by atoms with van der Waals surface area (Å²) >= 11 is 0. The molecule has 0 radical (unpaired) electrons. The van der Waals surface area contributed by atoms with Crippen molar-refractivity contribution in [1.82, 2.24) is 0 Å². The summed E-state index contributed by atoms with van der Waals surface area (Å²) in [6.45, 7) is 17.6. The number of anilines is 9. The van der Waals surface area contributed by atoms with Gasteiger partial charge in [-0.1, -0.05) is 99.6 Å². The van der Waals surface area contributed by atoms with Crippen LogP contribution in [0, 0.1) is 0 Å². The molecule has 13 nitrogen and oxygen atoms in total. The lowest BCUT2D eigenvalue weighted by molar-refractivity contribution is -0.139. The van der Waals surface area contributed by atoms with E-state index in [1.807, 2.05) is 163 Å². The topological polar surface area (TPSA) is 141 Å². The van der Waals surface area contributed by atoms with Crippen LogP contribution in [-0.4, -0.2) is 36.3 Å². The third-order valence-electron chi connectivity index (χ3n) is 11.3. The average Bonchev–Trinajstić information content (AvgIpc) is 3.45. The molecule has 7 aromatic rings. The molecule has 0 heterocycles. The molecule has 7 rings (SSSR count). The molecule has 376 valence electrons. The predicted molar refractivity (Wildman–Crippen MR) is 291 cm³/mol. The van der Waals surface area contributed by atoms with E-state index in [0.717, 1.165) is 97.7 Å². The molecule has 0 unspecified atom stereocenters. The fourth-order valence-corrected chi connectivity index (χ4v) is 7.67. The minimum Gasteiger partial charge on any atom is -0.485 e. The molecule has 75 heavy (non-hydrogen) atoms. The van der Waals surface area contributed by atoms with Crippen molar-refractivity contribution < 1.29 is 47.7 Å². The van der Waals surface area contributed by atoms with E-state index in [2.05, 4.69) is 48.8 Å². The predicted octanol–water partition coefficient (Wildman–Crippen LogP) is 13.1. The Bertz CT molecular complexity index is 3040. The van der Waals surface area contributed by atoms with Crippen LogP contribution in [0.2, 0.25) is 0 Å². The first-order chi connectivity index (χ1) is 36.5. The first-order valence-electron chi connectivity index (χ1n) is 23.5. The number of ketones is 1. The normalized spacial score (nSPS) is 10.4. The Morgan fingerprint density at radius 1 is 0.333 bits per heavy atom. The first kappa shape index (κ1) is 52.8. The monoisotopic (exact) mass is 999 g/mol. The van der Waals surface area contributed by atoms with E-state index in [0.29, 0.717) is 5.75 Å². The molecule has 13 heteroatoms. The summed E-state index contributed by atoms with van der Waals surface area (Å²) in [5.41, 5.74) is 9.85. The van der Waals surface area contributed by atoms with Gasteiger partial charge in [0.1, 0.15) is 32.2 Å². The highest BCUT2D eigenvalue weighted by Crippen LogP contribution is 2.44. The number of carbonyl (C=O) groups is 5. The zero-order valence-electron chi connectivity index (χ0n) is 41.0. The molecule has 0 aliphatic rings. The number of rotatable bonds is 25. The molecule has 0 fully saturated rings. The molecule has 0 amide bonds. The first-order valence-corrected chi connectivity index (χ1v) is 23.5. The second-order valence-electron chi connectivity index (χ2n) is 16.4. The van der Waals surface area contributed by atoms with Gasteiger partial charge in [0.05, 0.1) is 0 Å². The number of esters is 4. The van der Waals surface area contributed by atoms with Crippen molar-refractivity contribution in [2.45, 2.75) is 26.4 Å². The van der Waals surface area contributed by atoms with Crippen LogP contribution in [0.1, 0.15) is 22.3 Å². The third-order valence-corrected chi connectivity index (χ3v) is 11.3. The van der Waals surface area contributed by atoms with E-state index in [9.17, 15) is 24.0 Å². The van der Waals surface area contributed by atoms with Crippen molar-refractivity contribution >= 4 is 80.8 Å². The van der Waals surface area contributed by atoms with Crippen LogP contribution in [0.3, 0.4) is 0 Å². The molecule has 7 aromatic carbocycles. The summed E-state index contributed by atoms with van der Waals surface area (Å²) in [7, 11) is 0. The van der Waals surface area contributed by atoms with Crippen molar-refractivity contribution in [2.75, 3.05) is 21.3 Å². The van der Waals surface area contributed by atoms with Crippen molar-refractivity contribution in [3.05, 3.63) is 255 Å². The highest BCUT2D eigenvalue weighted by molar-refractivity contribution is 5.91. The molecule has 0 spiro atoms. The molecule has 0 bridgehead atoms. The van der Waals surface area contributed by atoms with Gasteiger partial charge < -0.3 is 38.4 Å². The van der Waals surface area contributed by atoms with Crippen molar-refractivity contribution in [2.24, 2.45) is 0 Å². The van der Waals surface area contributed by atoms with Crippen LogP contribution in [0.15, 0.2) is 233 Å². The third kappa shape index (κ3) is 14.3. The van der Waals surface area contributed by atoms with Gasteiger partial charge in [0, 0.05) is 81.6 Å². The van der Waals surface area contributed by atoms with Gasteiger partial charge >= 0.3 is 23.9 Å². The highest BCUT2D eigenvalue weighted by Gasteiger charge is 2.21. The minimum absolute atomic E-state index is 0.0196. The van der Waals surface area contributed by atoms with Crippen LogP contribution in [0.5, 0.6) is 5.75 Å². The van der Waals surface area contributed by atoms with Gasteiger partial charge in [0.15, 0.2) is 12.4 Å². The Labute approximate surface area is 435 Å². The lowest BCUT2D eigenvalue weighted by Gasteiger charge is -2.31. The summed E-state index contributed by atoms with van der Waals surface area (Å²) in [6, 6.07) is 53.9. The Hall–Kier alpha value is -10.0. The van der Waals surface area contributed by atoms with Crippen LogP contribution in [0.25, 0.3) is 0 Å². The Balaban J connectivity index is 1.36. The van der Waals surface area contributed by atoms with Crippen LogP contribution < -0.4 is 19.4 Å². The molecule has 0 aliphatic heterocycles. The van der Waals surface area contributed by atoms with Gasteiger partial charge in [0.25, 0.3) is 0 Å². The number of ether oxygens (including phenoxy) is 5. The summed E-state index contributed by atoms with van der Waals surface area (Å²) < 4.78 is 27.3. The van der Waals surface area contributed by atoms with E-state index < -0.39 is 23.9 Å². The lowest BCUT2D eigenvalue weighted by Crippen LogP contribution is -2.15. The van der Waals surface area contributed by atoms with E-state index in [1.54, 1.807) is 6.07 Å². The minimum atomic E-state index is -0.545. The number of carbonyl (C=O) groups excluding carboxylic acids is 5. The second kappa shape index (κ2) is 25.9. The quantitative estimate of drug-likeness (QED) is 0.0305. The Kier molecular flexibility index (Phi) is 18.2. The van der Waals surface area contributed by atoms with Crippen LogP contribution in [-0.2, 0) is 69.3 Å². The van der Waals surface area contributed by atoms with Gasteiger partial charge in [-0.15, -0.1) is 0 Å². The number of nitrogens with zero attached hydrogens (tertiary/aromatic N) is 3. The lowest BCUT2D eigenvalue weighted by atomic mass is 10.1. The maximum Gasteiger partial charge on any atom is 0.330 e. The van der Waals surface area contributed by atoms with Crippen molar-refractivity contribution in [3.8, 4) is 5.75 Å². The van der Waals surface area contributed by atoms with Gasteiger partial charge in [-0.25, -0.2) is 19.2 Å². The van der Waals surface area contributed by atoms with Crippen LogP contribution in [0.4, 0.5) is 51.2 Å². The van der Waals surface area contributed by atoms with Gasteiger partial charge in [-0.05, 0) is 125 Å². The highest BCUT2D eigenvalue weighted by atomic mass is 16.5. The van der Waals surface area contributed by atoms with E-state index >= 15 is 0 Å². The molecule has 0 saturated heterocycles. The SMILES string of the molecule is C=CC(=O)COc1cccc(N(c2ccc(COC(=O)C=C)cc2)c2cccc(N(c3ccc(COC(=O)C=C)cc3)c3cccc(N(c4ccc(COC(=O)C=C)cc4)c4cccc(COC(=O)C=C)c4)c3)c2)c1. The van der Waals surface area contributed by atoms with E-state index in [4.69, 9.17) is 23.7 Å². The maximum absolute atomic E-state index is 12.2. The maximum atomic E-state index is 12.2. The molecular formula is C62H53N3O10. The van der Waals surface area contributed by atoms with E-state index in [1.165, 1.54) is 6.08 Å². The zero-order valence-corrected chi connectivity index (χ0v) is 41.0. The number of hydrogen-bond acceptors (Lipinski definition) is 13. The molecular weight excluding hydrogens is 947 g/mol. The fourth-order valence-electron chi connectivity index (χ4n) is 7.67. The van der Waals surface area contributed by atoms with Crippen LogP contribution >= 0.6 is 0 Å². The average molecular weight is 1000 g/mol. The summed E-state index contributed by atoms with van der Waals surface area (Å²) in [6.07, 6.45) is 5.69. The van der Waals surface area contributed by atoms with Gasteiger partial charge in [-0.2, -0.15) is 0 Å². The summed E-state index contributed by atoms with van der Waals surface area (Å²) in [4.78, 5) is 66.3. The molecule has 0 aliphatic carbocycles.